The molecule has 104 valence electrons. The van der Waals surface area contributed by atoms with Gasteiger partial charge in [0, 0.05) is 12.0 Å². The van der Waals surface area contributed by atoms with Crippen LogP contribution < -0.4 is 5.43 Å². The maximum Gasteiger partial charge on any atom is 0.192 e. The van der Waals surface area contributed by atoms with Crippen molar-refractivity contribution >= 4 is 16.8 Å². The molecule has 3 rings (SSSR count). The Balaban J connectivity index is 2.18. The molecular formula is C17H18O3. The predicted octanol–water partition coefficient (Wildman–Crippen LogP) is 4.04. The largest absolute Gasteiger partial charge is 0.460 e. The molecule has 1 aromatic carbocycles. The van der Waals surface area contributed by atoms with Crippen molar-refractivity contribution in [1.29, 1.82) is 0 Å². The van der Waals surface area contributed by atoms with Gasteiger partial charge in [-0.2, -0.15) is 0 Å². The van der Waals surface area contributed by atoms with Gasteiger partial charge in [-0.05, 0) is 31.9 Å². The van der Waals surface area contributed by atoms with Gasteiger partial charge in [0.15, 0.2) is 11.2 Å². The van der Waals surface area contributed by atoms with Gasteiger partial charge in [-0.15, -0.1) is 0 Å². The van der Waals surface area contributed by atoms with E-state index in [4.69, 9.17) is 4.42 Å². The van der Waals surface area contributed by atoms with E-state index < -0.39 is 0 Å². The van der Waals surface area contributed by atoms with E-state index in [9.17, 15) is 9.59 Å². The number of benzene rings is 1. The molecule has 0 bridgehead atoms. The van der Waals surface area contributed by atoms with Gasteiger partial charge in [0.25, 0.3) is 0 Å². The van der Waals surface area contributed by atoms with E-state index >= 15 is 0 Å². The number of Topliss-reactive ketones (excluding diaryl/α,β-unsaturated/α-hetero) is 1. The Hall–Kier alpha value is -1.90. The molecule has 1 aliphatic rings. The second-order valence-corrected chi connectivity index (χ2v) is 5.59. The number of hydrogen-bond acceptors (Lipinski definition) is 3. The molecule has 0 aliphatic heterocycles. The Morgan fingerprint density at radius 3 is 2.65 bits per heavy atom. The van der Waals surface area contributed by atoms with Crippen molar-refractivity contribution in [3.05, 3.63) is 45.8 Å². The highest BCUT2D eigenvalue weighted by molar-refractivity contribution is 6.04. The molecular weight excluding hydrogens is 252 g/mol. The van der Waals surface area contributed by atoms with Crippen LogP contribution in [0.2, 0.25) is 0 Å². The quantitative estimate of drug-likeness (QED) is 0.774. The first-order valence-corrected chi connectivity index (χ1v) is 7.24. The molecule has 2 aromatic rings. The average Bonchev–Trinajstić information content (AvgIpc) is 2.47. The smallest absolute Gasteiger partial charge is 0.192 e. The second kappa shape index (κ2) is 5.23. The number of para-hydroxylation sites is 1. The van der Waals surface area contributed by atoms with Crippen molar-refractivity contribution in [2.75, 3.05) is 0 Å². The summed E-state index contributed by atoms with van der Waals surface area (Å²) in [5, 5.41) is 0.497. The standard InChI is InChI=1S/C17H18O3/c1-11(18)13-8-5-9-14-15(19)10-16(20-17(13)14)12-6-3-2-4-7-12/h5,8-10,12H,2-4,6-7H2,1H3. The lowest BCUT2D eigenvalue weighted by atomic mass is 9.87. The molecule has 1 fully saturated rings. The first-order chi connectivity index (χ1) is 9.66. The molecule has 0 saturated heterocycles. The zero-order valence-corrected chi connectivity index (χ0v) is 11.6. The third kappa shape index (κ3) is 2.28. The van der Waals surface area contributed by atoms with Crippen LogP contribution in [0, 0.1) is 0 Å². The van der Waals surface area contributed by atoms with E-state index in [1.54, 1.807) is 24.3 Å². The topological polar surface area (TPSA) is 47.3 Å². The maximum absolute atomic E-state index is 12.2. The van der Waals surface area contributed by atoms with Crippen molar-refractivity contribution in [3.8, 4) is 0 Å². The van der Waals surface area contributed by atoms with E-state index in [1.807, 2.05) is 0 Å². The van der Waals surface area contributed by atoms with Crippen molar-refractivity contribution in [3.63, 3.8) is 0 Å². The SMILES string of the molecule is CC(=O)c1cccc2c(=O)cc(C3CCCCC3)oc12. The minimum absolute atomic E-state index is 0.0464. The van der Waals surface area contributed by atoms with Crippen LogP contribution in [0.3, 0.4) is 0 Å². The van der Waals surface area contributed by atoms with Crippen LogP contribution in [0.1, 0.15) is 61.1 Å². The molecule has 1 saturated carbocycles. The van der Waals surface area contributed by atoms with Crippen molar-refractivity contribution in [1.82, 2.24) is 0 Å². The molecule has 1 aromatic heterocycles. The van der Waals surface area contributed by atoms with Gasteiger partial charge in [-0.1, -0.05) is 25.3 Å². The van der Waals surface area contributed by atoms with Gasteiger partial charge >= 0.3 is 0 Å². The van der Waals surface area contributed by atoms with Crippen LogP contribution in [0.4, 0.5) is 0 Å². The van der Waals surface area contributed by atoms with E-state index in [0.29, 0.717) is 22.5 Å². The second-order valence-electron chi connectivity index (χ2n) is 5.59. The molecule has 3 nitrogen and oxygen atoms in total. The highest BCUT2D eigenvalue weighted by atomic mass is 16.3. The molecule has 0 radical (unpaired) electrons. The average molecular weight is 270 g/mol. The summed E-state index contributed by atoms with van der Waals surface area (Å²) in [6.07, 6.45) is 5.75. The monoisotopic (exact) mass is 270 g/mol. The van der Waals surface area contributed by atoms with Crippen molar-refractivity contribution in [2.24, 2.45) is 0 Å². The molecule has 0 spiro atoms. The zero-order chi connectivity index (χ0) is 14.1. The predicted molar refractivity (Wildman–Crippen MR) is 78.3 cm³/mol. The molecule has 1 heterocycles. The fourth-order valence-electron chi connectivity index (χ4n) is 3.06. The number of hydrogen-bond donors (Lipinski definition) is 0. The molecule has 20 heavy (non-hydrogen) atoms. The highest BCUT2D eigenvalue weighted by Crippen LogP contribution is 2.33. The summed E-state index contributed by atoms with van der Waals surface area (Å²) in [6, 6.07) is 6.79. The lowest BCUT2D eigenvalue weighted by Crippen LogP contribution is -2.10. The molecule has 3 heteroatoms. The molecule has 0 amide bonds. The summed E-state index contributed by atoms with van der Waals surface area (Å²) in [4.78, 5) is 23.9. The minimum Gasteiger partial charge on any atom is -0.460 e. The number of carbonyl (C=O) groups is 1. The Labute approximate surface area is 117 Å². The first kappa shape index (κ1) is 13.1. The third-order valence-electron chi connectivity index (χ3n) is 4.16. The Kier molecular flexibility index (Phi) is 3.43. The van der Waals surface area contributed by atoms with Gasteiger partial charge in [-0.25, -0.2) is 0 Å². The van der Waals surface area contributed by atoms with E-state index in [2.05, 4.69) is 0 Å². The maximum atomic E-state index is 12.2. The van der Waals surface area contributed by atoms with Gasteiger partial charge in [0.2, 0.25) is 0 Å². The van der Waals surface area contributed by atoms with Crippen LogP contribution in [0.25, 0.3) is 11.0 Å². The summed E-state index contributed by atoms with van der Waals surface area (Å²) in [5.41, 5.74) is 0.903. The van der Waals surface area contributed by atoms with Gasteiger partial charge < -0.3 is 4.42 Å². The fraction of sp³-hybridized carbons (Fsp3) is 0.412. The molecule has 0 unspecified atom stereocenters. The zero-order valence-electron chi connectivity index (χ0n) is 11.6. The Morgan fingerprint density at radius 2 is 1.95 bits per heavy atom. The Bertz CT molecular complexity index is 706. The van der Waals surface area contributed by atoms with E-state index in [0.717, 1.165) is 18.6 Å². The molecule has 0 atom stereocenters. The summed E-state index contributed by atoms with van der Waals surface area (Å²) >= 11 is 0. The lowest BCUT2D eigenvalue weighted by Gasteiger charge is -2.20. The van der Waals surface area contributed by atoms with Crippen LogP contribution in [-0.2, 0) is 0 Å². The highest BCUT2D eigenvalue weighted by Gasteiger charge is 2.20. The van der Waals surface area contributed by atoms with E-state index in [-0.39, 0.29) is 11.2 Å². The summed E-state index contributed by atoms with van der Waals surface area (Å²) in [7, 11) is 0. The number of carbonyl (C=O) groups excluding carboxylic acids is 1. The van der Waals surface area contributed by atoms with Gasteiger partial charge in [-0.3, -0.25) is 9.59 Å². The van der Waals surface area contributed by atoms with Crippen LogP contribution >= 0.6 is 0 Å². The van der Waals surface area contributed by atoms with E-state index in [1.165, 1.54) is 26.2 Å². The first-order valence-electron chi connectivity index (χ1n) is 7.24. The van der Waals surface area contributed by atoms with Crippen molar-refractivity contribution < 1.29 is 9.21 Å². The van der Waals surface area contributed by atoms with Crippen LogP contribution in [0.15, 0.2) is 33.5 Å². The number of fused-ring (bicyclic) bond motifs is 1. The van der Waals surface area contributed by atoms with Gasteiger partial charge in [0.1, 0.15) is 11.3 Å². The fourth-order valence-corrected chi connectivity index (χ4v) is 3.06. The van der Waals surface area contributed by atoms with Crippen LogP contribution in [-0.4, -0.2) is 5.78 Å². The summed E-state index contributed by atoms with van der Waals surface area (Å²) in [5.74, 6) is 0.997. The number of rotatable bonds is 2. The molecule has 0 N–H and O–H groups in total. The summed E-state index contributed by atoms with van der Waals surface area (Å²) < 4.78 is 5.95. The lowest BCUT2D eigenvalue weighted by molar-refractivity contribution is 0.101. The van der Waals surface area contributed by atoms with Gasteiger partial charge in [0.05, 0.1) is 10.9 Å². The molecule has 1 aliphatic carbocycles. The third-order valence-corrected chi connectivity index (χ3v) is 4.16. The normalized spacial score (nSPS) is 16.4. The van der Waals surface area contributed by atoms with Crippen molar-refractivity contribution in [2.45, 2.75) is 44.9 Å². The minimum atomic E-state index is -0.0699. The summed E-state index contributed by atoms with van der Waals surface area (Å²) in [6.45, 7) is 1.50. The number of ketones is 1. The van der Waals surface area contributed by atoms with Crippen LogP contribution in [0.5, 0.6) is 0 Å². The Morgan fingerprint density at radius 1 is 1.20 bits per heavy atom.